The van der Waals surface area contributed by atoms with E-state index in [2.05, 4.69) is 44.7 Å². The van der Waals surface area contributed by atoms with Crippen LogP contribution in [0.4, 0.5) is 16.6 Å². The SMILES string of the molecule is CC(C)n1cnc2c(NCCCCCCNC(=O)OC(C)(C)C)nc(NCCO)nc21. The number of ether oxygens (including phenoxy) is 1. The normalized spacial score (nSPS) is 11.7. The largest absolute Gasteiger partial charge is 0.444 e. The smallest absolute Gasteiger partial charge is 0.407 e. The van der Waals surface area contributed by atoms with E-state index in [9.17, 15) is 4.79 Å². The van der Waals surface area contributed by atoms with Crippen LogP contribution in [0.25, 0.3) is 11.2 Å². The number of unbranched alkanes of at least 4 members (excludes halogenated alkanes) is 3. The second-order valence-corrected chi connectivity index (χ2v) is 8.73. The van der Waals surface area contributed by atoms with Crippen molar-refractivity contribution < 1.29 is 14.6 Å². The van der Waals surface area contributed by atoms with Gasteiger partial charge in [0.25, 0.3) is 0 Å². The number of nitrogens with one attached hydrogen (secondary N) is 3. The molecule has 2 aromatic heterocycles. The highest BCUT2D eigenvalue weighted by Crippen LogP contribution is 2.23. The van der Waals surface area contributed by atoms with E-state index >= 15 is 0 Å². The molecule has 0 saturated heterocycles. The molecule has 1 amide bonds. The molecular weight excluding hydrogens is 398 g/mol. The number of aromatic nitrogens is 4. The number of nitrogens with zero attached hydrogens (tertiary/aromatic N) is 4. The molecule has 0 bridgehead atoms. The van der Waals surface area contributed by atoms with Gasteiger partial charge >= 0.3 is 6.09 Å². The summed E-state index contributed by atoms with van der Waals surface area (Å²) in [5.74, 6) is 1.16. The molecule has 0 aliphatic rings. The molecule has 0 atom stereocenters. The van der Waals surface area contributed by atoms with Crippen LogP contribution in [-0.4, -0.2) is 62.6 Å². The standard InChI is InChI=1S/C21H37N7O3/c1-15(2)28-14-25-16-17(26-19(23-12-13-29)27-18(16)28)22-10-8-6-7-9-11-24-20(30)31-21(3,4)5/h14-15,29H,6-13H2,1-5H3,(H,24,30)(H2,22,23,26,27). The third-order valence-electron chi connectivity index (χ3n) is 4.44. The van der Waals surface area contributed by atoms with Crippen molar-refractivity contribution in [3.63, 3.8) is 0 Å². The average Bonchev–Trinajstić information content (AvgIpc) is 3.11. The van der Waals surface area contributed by atoms with Gasteiger partial charge in [-0.25, -0.2) is 9.78 Å². The highest BCUT2D eigenvalue weighted by atomic mass is 16.6. The minimum atomic E-state index is -0.472. The molecule has 10 heteroatoms. The first-order valence-corrected chi connectivity index (χ1v) is 11.0. The fraction of sp³-hybridized carbons (Fsp3) is 0.714. The van der Waals surface area contributed by atoms with Crippen LogP contribution in [0.15, 0.2) is 6.33 Å². The van der Waals surface area contributed by atoms with E-state index in [-0.39, 0.29) is 18.7 Å². The molecule has 4 N–H and O–H groups in total. The summed E-state index contributed by atoms with van der Waals surface area (Å²) in [4.78, 5) is 25.2. The number of amides is 1. The fourth-order valence-electron chi connectivity index (χ4n) is 2.98. The van der Waals surface area contributed by atoms with Crippen molar-refractivity contribution in [1.82, 2.24) is 24.8 Å². The van der Waals surface area contributed by atoms with Crippen molar-refractivity contribution in [2.45, 2.75) is 71.9 Å². The maximum Gasteiger partial charge on any atom is 0.407 e. The number of imidazole rings is 1. The van der Waals surface area contributed by atoms with Gasteiger partial charge in [-0.3, -0.25) is 0 Å². The lowest BCUT2D eigenvalue weighted by atomic mass is 10.2. The van der Waals surface area contributed by atoms with E-state index in [4.69, 9.17) is 9.84 Å². The van der Waals surface area contributed by atoms with E-state index in [1.54, 1.807) is 6.33 Å². The third-order valence-corrected chi connectivity index (χ3v) is 4.44. The number of fused-ring (bicyclic) bond motifs is 1. The third kappa shape index (κ3) is 8.20. The van der Waals surface area contributed by atoms with Crippen LogP contribution in [0.3, 0.4) is 0 Å². The van der Waals surface area contributed by atoms with Gasteiger partial charge in [0.2, 0.25) is 5.95 Å². The van der Waals surface area contributed by atoms with Crippen molar-refractivity contribution in [2.24, 2.45) is 0 Å². The number of carbonyl (C=O) groups is 1. The van der Waals surface area contributed by atoms with Crippen molar-refractivity contribution >= 4 is 29.0 Å². The van der Waals surface area contributed by atoms with Gasteiger partial charge in [-0.1, -0.05) is 12.8 Å². The molecule has 0 unspecified atom stereocenters. The maximum atomic E-state index is 11.6. The Morgan fingerprint density at radius 3 is 2.45 bits per heavy atom. The van der Waals surface area contributed by atoms with Crippen molar-refractivity contribution in [1.29, 1.82) is 0 Å². The van der Waals surface area contributed by atoms with Gasteiger partial charge in [-0.2, -0.15) is 9.97 Å². The van der Waals surface area contributed by atoms with Crippen molar-refractivity contribution in [3.05, 3.63) is 6.33 Å². The first kappa shape index (κ1) is 24.6. The molecule has 174 valence electrons. The number of hydrogen-bond acceptors (Lipinski definition) is 8. The number of rotatable bonds is 12. The molecule has 31 heavy (non-hydrogen) atoms. The Bertz CT molecular complexity index is 830. The molecular formula is C21H37N7O3. The van der Waals surface area contributed by atoms with Gasteiger partial charge in [0.1, 0.15) is 5.60 Å². The van der Waals surface area contributed by atoms with Crippen LogP contribution in [0.2, 0.25) is 0 Å². The zero-order valence-corrected chi connectivity index (χ0v) is 19.4. The first-order valence-electron chi connectivity index (χ1n) is 11.0. The molecule has 0 spiro atoms. The summed E-state index contributed by atoms with van der Waals surface area (Å²) in [7, 11) is 0. The Kier molecular flexibility index (Phi) is 9.29. The van der Waals surface area contributed by atoms with Crippen LogP contribution in [0, 0.1) is 0 Å². The number of aliphatic hydroxyl groups excluding tert-OH is 1. The minimum Gasteiger partial charge on any atom is -0.444 e. The summed E-state index contributed by atoms with van der Waals surface area (Å²) in [6.07, 6.45) is 5.35. The van der Waals surface area contributed by atoms with Gasteiger partial charge in [-0.05, 0) is 47.5 Å². The van der Waals surface area contributed by atoms with Crippen molar-refractivity contribution in [2.75, 3.05) is 36.9 Å². The first-order chi connectivity index (χ1) is 14.7. The van der Waals surface area contributed by atoms with Crippen LogP contribution >= 0.6 is 0 Å². The molecule has 2 aromatic rings. The molecule has 0 saturated carbocycles. The lowest BCUT2D eigenvalue weighted by Gasteiger charge is -2.19. The summed E-state index contributed by atoms with van der Waals surface area (Å²) in [5, 5.41) is 18.3. The van der Waals surface area contributed by atoms with E-state index in [1.165, 1.54) is 0 Å². The summed E-state index contributed by atoms with van der Waals surface area (Å²) in [6.45, 7) is 11.5. The Labute approximate surface area is 184 Å². The number of carbonyl (C=O) groups excluding carboxylic acids is 1. The molecule has 0 aliphatic carbocycles. The van der Waals surface area contributed by atoms with E-state index in [1.807, 2.05) is 25.3 Å². The predicted molar refractivity (Wildman–Crippen MR) is 122 cm³/mol. The van der Waals surface area contributed by atoms with Gasteiger partial charge in [0.15, 0.2) is 17.0 Å². The summed E-state index contributed by atoms with van der Waals surface area (Å²) < 4.78 is 7.22. The summed E-state index contributed by atoms with van der Waals surface area (Å²) in [5.41, 5.74) is 1.03. The van der Waals surface area contributed by atoms with Gasteiger partial charge in [0, 0.05) is 25.7 Å². The zero-order valence-electron chi connectivity index (χ0n) is 19.4. The number of anilines is 2. The highest BCUT2D eigenvalue weighted by molar-refractivity contribution is 5.84. The molecule has 0 radical (unpaired) electrons. The topological polar surface area (TPSA) is 126 Å². The average molecular weight is 436 g/mol. The molecule has 0 aromatic carbocycles. The zero-order chi connectivity index (χ0) is 22.9. The summed E-state index contributed by atoms with van der Waals surface area (Å²) >= 11 is 0. The molecule has 0 aliphatic heterocycles. The van der Waals surface area contributed by atoms with Gasteiger partial charge in [-0.15, -0.1) is 0 Å². The predicted octanol–water partition coefficient (Wildman–Crippen LogP) is 3.31. The van der Waals surface area contributed by atoms with E-state index in [0.717, 1.165) is 43.4 Å². The number of hydrogen-bond donors (Lipinski definition) is 4. The maximum absolute atomic E-state index is 11.6. The molecule has 2 heterocycles. The Morgan fingerprint density at radius 1 is 1.10 bits per heavy atom. The number of alkyl carbamates (subject to hydrolysis) is 1. The van der Waals surface area contributed by atoms with Gasteiger partial charge in [0.05, 0.1) is 12.9 Å². The monoisotopic (exact) mass is 435 g/mol. The van der Waals surface area contributed by atoms with Gasteiger partial charge < -0.3 is 30.4 Å². The molecule has 10 nitrogen and oxygen atoms in total. The lowest BCUT2D eigenvalue weighted by Crippen LogP contribution is -2.32. The van der Waals surface area contributed by atoms with Crippen LogP contribution in [0.1, 0.15) is 66.3 Å². The Morgan fingerprint density at radius 2 is 1.81 bits per heavy atom. The van der Waals surface area contributed by atoms with Crippen molar-refractivity contribution in [3.8, 4) is 0 Å². The molecule has 2 rings (SSSR count). The number of aliphatic hydroxyl groups is 1. The lowest BCUT2D eigenvalue weighted by molar-refractivity contribution is 0.0527. The highest BCUT2D eigenvalue weighted by Gasteiger charge is 2.16. The van der Waals surface area contributed by atoms with Crippen LogP contribution in [0.5, 0.6) is 0 Å². The second-order valence-electron chi connectivity index (χ2n) is 8.73. The quantitative estimate of drug-likeness (QED) is 0.374. The second kappa shape index (κ2) is 11.7. The van der Waals surface area contributed by atoms with E-state index < -0.39 is 5.60 Å². The van der Waals surface area contributed by atoms with E-state index in [0.29, 0.717) is 24.9 Å². The minimum absolute atomic E-state index is 0.0103. The molecule has 0 fully saturated rings. The fourth-order valence-corrected chi connectivity index (χ4v) is 2.98. The Balaban J connectivity index is 1.80. The van der Waals surface area contributed by atoms with Crippen LogP contribution < -0.4 is 16.0 Å². The Hall–Kier alpha value is -2.62. The summed E-state index contributed by atoms with van der Waals surface area (Å²) in [6, 6.07) is 0.229. The van der Waals surface area contributed by atoms with Crippen LogP contribution in [-0.2, 0) is 4.74 Å².